The molecule has 1 N–H and O–H groups in total. The molecule has 2 fully saturated rings. The van der Waals surface area contributed by atoms with Crippen LogP contribution >= 0.6 is 11.3 Å². The number of methoxy groups -OCH3 is 1. The first-order chi connectivity index (χ1) is 15.0. The molecular weight excluding hydrogens is 420 g/mol. The molecular formula is C21H26N4O5S. The average Bonchev–Trinajstić information content (AvgIpc) is 3.57. The number of thiophene rings is 1. The lowest BCUT2D eigenvalue weighted by molar-refractivity contribution is -0.117. The van der Waals surface area contributed by atoms with Crippen LogP contribution in [0.15, 0.2) is 12.1 Å². The number of carbonyl (C=O) groups excluding carboxylic acids is 3. The largest absolute Gasteiger partial charge is 0.465 e. The Labute approximate surface area is 184 Å². The molecule has 2 amide bonds. The third kappa shape index (κ3) is 4.80. The standard InChI is InChI=1S/C21H26N4O5S/c1-3-30-21(28)25-10-8-24(9-11-25)12-14-6-7-15-16(23-18(26)13-4-5-13)17(20(27)29-2)31-19(15)22-14/h6-7,13H,3-5,8-12H2,1-2H3,(H,23,26). The van der Waals surface area contributed by atoms with E-state index in [0.717, 1.165) is 37.0 Å². The molecule has 0 bridgehead atoms. The second-order valence-corrected chi connectivity index (χ2v) is 8.68. The number of pyridine rings is 1. The number of anilines is 1. The maximum Gasteiger partial charge on any atom is 0.409 e. The zero-order valence-electron chi connectivity index (χ0n) is 17.7. The molecule has 2 aliphatic rings. The van der Waals surface area contributed by atoms with Crippen LogP contribution in [0.2, 0.25) is 0 Å². The Morgan fingerprint density at radius 1 is 1.19 bits per heavy atom. The molecule has 9 nitrogen and oxygen atoms in total. The number of hydrogen-bond donors (Lipinski definition) is 1. The van der Waals surface area contributed by atoms with E-state index >= 15 is 0 Å². The average molecular weight is 447 g/mol. The van der Waals surface area contributed by atoms with Gasteiger partial charge in [-0.05, 0) is 31.9 Å². The van der Waals surface area contributed by atoms with E-state index in [1.165, 1.54) is 18.4 Å². The van der Waals surface area contributed by atoms with Crippen LogP contribution in [0.3, 0.4) is 0 Å². The molecule has 0 unspecified atom stereocenters. The lowest BCUT2D eigenvalue weighted by atomic mass is 10.2. The predicted octanol–water partition coefficient (Wildman–Crippen LogP) is 2.71. The van der Waals surface area contributed by atoms with Crippen molar-refractivity contribution in [2.24, 2.45) is 5.92 Å². The minimum Gasteiger partial charge on any atom is -0.465 e. The number of hydrogen-bond acceptors (Lipinski definition) is 8. The highest BCUT2D eigenvalue weighted by molar-refractivity contribution is 7.21. The molecule has 3 heterocycles. The highest BCUT2D eigenvalue weighted by atomic mass is 32.1. The smallest absolute Gasteiger partial charge is 0.409 e. The Balaban J connectivity index is 1.48. The van der Waals surface area contributed by atoms with Crippen molar-refractivity contribution in [2.45, 2.75) is 26.3 Å². The molecule has 4 rings (SSSR count). The van der Waals surface area contributed by atoms with Gasteiger partial charge in [-0.1, -0.05) is 0 Å². The van der Waals surface area contributed by atoms with Gasteiger partial charge in [0.15, 0.2) is 0 Å². The van der Waals surface area contributed by atoms with Crippen molar-refractivity contribution in [1.82, 2.24) is 14.8 Å². The van der Waals surface area contributed by atoms with Gasteiger partial charge in [0.2, 0.25) is 5.91 Å². The van der Waals surface area contributed by atoms with Gasteiger partial charge in [-0.25, -0.2) is 14.6 Å². The number of aromatic nitrogens is 1. The van der Waals surface area contributed by atoms with Gasteiger partial charge in [0, 0.05) is 44.0 Å². The Morgan fingerprint density at radius 2 is 1.94 bits per heavy atom. The lowest BCUT2D eigenvalue weighted by Gasteiger charge is -2.33. The SMILES string of the molecule is CCOC(=O)N1CCN(Cc2ccc3c(NC(=O)C4CC4)c(C(=O)OC)sc3n2)CC1. The summed E-state index contributed by atoms with van der Waals surface area (Å²) in [6, 6.07) is 3.82. The van der Waals surface area contributed by atoms with Crippen LogP contribution in [0.4, 0.5) is 10.5 Å². The second-order valence-electron chi connectivity index (χ2n) is 7.68. The molecule has 0 spiro atoms. The fraction of sp³-hybridized carbons (Fsp3) is 0.524. The zero-order chi connectivity index (χ0) is 22.0. The van der Waals surface area contributed by atoms with E-state index in [1.807, 2.05) is 12.1 Å². The van der Waals surface area contributed by atoms with Gasteiger partial charge in [-0.2, -0.15) is 0 Å². The normalized spacial score (nSPS) is 16.9. The van der Waals surface area contributed by atoms with Crippen molar-refractivity contribution in [2.75, 3.05) is 45.2 Å². The van der Waals surface area contributed by atoms with Crippen LogP contribution in [0.25, 0.3) is 10.2 Å². The van der Waals surface area contributed by atoms with Crippen LogP contribution in [-0.2, 0) is 20.8 Å². The van der Waals surface area contributed by atoms with E-state index in [2.05, 4.69) is 10.2 Å². The summed E-state index contributed by atoms with van der Waals surface area (Å²) in [6.07, 6.45) is 1.50. The Morgan fingerprint density at radius 3 is 2.58 bits per heavy atom. The molecule has 0 atom stereocenters. The van der Waals surface area contributed by atoms with Crippen LogP contribution in [0.1, 0.15) is 35.1 Å². The van der Waals surface area contributed by atoms with E-state index in [9.17, 15) is 14.4 Å². The molecule has 1 saturated heterocycles. The Hall–Kier alpha value is -2.72. The van der Waals surface area contributed by atoms with Crippen LogP contribution in [0.5, 0.6) is 0 Å². The highest BCUT2D eigenvalue weighted by Gasteiger charge is 2.32. The molecule has 1 aliphatic heterocycles. The van der Waals surface area contributed by atoms with E-state index in [1.54, 1.807) is 11.8 Å². The summed E-state index contributed by atoms with van der Waals surface area (Å²) in [7, 11) is 1.33. The van der Waals surface area contributed by atoms with E-state index in [4.69, 9.17) is 14.5 Å². The summed E-state index contributed by atoms with van der Waals surface area (Å²) in [5.41, 5.74) is 1.36. The molecule has 31 heavy (non-hydrogen) atoms. The van der Waals surface area contributed by atoms with Gasteiger partial charge in [-0.15, -0.1) is 11.3 Å². The molecule has 1 aliphatic carbocycles. The third-order valence-electron chi connectivity index (χ3n) is 5.46. The highest BCUT2D eigenvalue weighted by Crippen LogP contribution is 2.38. The van der Waals surface area contributed by atoms with Crippen LogP contribution < -0.4 is 5.32 Å². The van der Waals surface area contributed by atoms with Gasteiger partial charge >= 0.3 is 12.1 Å². The Bertz CT molecular complexity index is 995. The first-order valence-corrected chi connectivity index (χ1v) is 11.3. The first-order valence-electron chi connectivity index (χ1n) is 10.5. The summed E-state index contributed by atoms with van der Waals surface area (Å²) >= 11 is 1.23. The molecule has 0 radical (unpaired) electrons. The van der Waals surface area contributed by atoms with Crippen LogP contribution in [0, 0.1) is 5.92 Å². The molecule has 10 heteroatoms. The van der Waals surface area contributed by atoms with Crippen LogP contribution in [-0.4, -0.2) is 72.6 Å². The molecule has 2 aromatic rings. The van der Waals surface area contributed by atoms with Gasteiger partial charge in [-0.3, -0.25) is 9.69 Å². The molecule has 166 valence electrons. The van der Waals surface area contributed by atoms with Gasteiger partial charge in [0.1, 0.15) is 9.71 Å². The number of ether oxygens (including phenoxy) is 2. The van der Waals surface area contributed by atoms with E-state index in [0.29, 0.717) is 41.6 Å². The first kappa shape index (κ1) is 21.5. The predicted molar refractivity (Wildman–Crippen MR) is 116 cm³/mol. The van der Waals surface area contributed by atoms with Crippen molar-refractivity contribution < 1.29 is 23.9 Å². The minimum absolute atomic E-state index is 0.0287. The number of rotatable bonds is 6. The summed E-state index contributed by atoms with van der Waals surface area (Å²) in [6.45, 7) is 5.52. The molecule has 1 saturated carbocycles. The van der Waals surface area contributed by atoms with Crippen molar-refractivity contribution in [3.8, 4) is 0 Å². The monoisotopic (exact) mass is 446 g/mol. The number of fused-ring (bicyclic) bond motifs is 1. The summed E-state index contributed by atoms with van der Waals surface area (Å²) in [5.74, 6) is -0.514. The quantitative estimate of drug-likeness (QED) is 0.681. The lowest BCUT2D eigenvalue weighted by Crippen LogP contribution is -2.48. The molecule has 0 aromatic carbocycles. The summed E-state index contributed by atoms with van der Waals surface area (Å²) in [5, 5.41) is 3.65. The van der Waals surface area contributed by atoms with Gasteiger partial charge < -0.3 is 19.7 Å². The van der Waals surface area contributed by atoms with Gasteiger partial charge in [0.05, 0.1) is 25.1 Å². The number of nitrogens with zero attached hydrogens (tertiary/aromatic N) is 3. The Kier molecular flexibility index (Phi) is 6.38. The number of esters is 1. The number of amides is 2. The van der Waals surface area contributed by atoms with E-state index < -0.39 is 5.97 Å². The fourth-order valence-electron chi connectivity index (χ4n) is 3.57. The number of piperazine rings is 1. The second kappa shape index (κ2) is 9.19. The van der Waals surface area contributed by atoms with Crippen molar-refractivity contribution >= 4 is 45.2 Å². The fourth-order valence-corrected chi connectivity index (χ4v) is 4.63. The van der Waals surface area contributed by atoms with Crippen molar-refractivity contribution in [3.05, 3.63) is 22.7 Å². The third-order valence-corrected chi connectivity index (χ3v) is 6.54. The molecule has 2 aromatic heterocycles. The topological polar surface area (TPSA) is 101 Å². The zero-order valence-corrected chi connectivity index (χ0v) is 18.5. The minimum atomic E-state index is -0.481. The maximum absolute atomic E-state index is 12.3. The summed E-state index contributed by atoms with van der Waals surface area (Å²) < 4.78 is 9.97. The van der Waals surface area contributed by atoms with Crippen molar-refractivity contribution in [1.29, 1.82) is 0 Å². The maximum atomic E-state index is 12.3. The van der Waals surface area contributed by atoms with Crippen molar-refractivity contribution in [3.63, 3.8) is 0 Å². The van der Waals surface area contributed by atoms with Gasteiger partial charge in [0.25, 0.3) is 0 Å². The summed E-state index contributed by atoms with van der Waals surface area (Å²) in [4.78, 5) is 46.1. The van der Waals surface area contributed by atoms with E-state index in [-0.39, 0.29) is 17.9 Å². The number of nitrogens with one attached hydrogen (secondary N) is 1. The number of carbonyl (C=O) groups is 3.